The van der Waals surface area contributed by atoms with Crippen LogP contribution in [0.4, 0.5) is 0 Å². The Kier molecular flexibility index (Phi) is 2.24. The van der Waals surface area contributed by atoms with Crippen LogP contribution >= 0.6 is 0 Å². The van der Waals surface area contributed by atoms with Crippen molar-refractivity contribution in [2.45, 2.75) is 6.54 Å². The molecule has 0 saturated carbocycles. The molecule has 1 heterocycles. The van der Waals surface area contributed by atoms with E-state index in [0.29, 0.717) is 18.7 Å². The monoisotopic (exact) mass is 194 g/mol. The van der Waals surface area contributed by atoms with Gasteiger partial charge in [0.15, 0.2) is 11.5 Å². The van der Waals surface area contributed by atoms with E-state index in [1.54, 1.807) is 6.07 Å². The van der Waals surface area contributed by atoms with Crippen molar-refractivity contribution in [3.05, 3.63) is 23.8 Å². The van der Waals surface area contributed by atoms with Crippen LogP contribution in [0.2, 0.25) is 0 Å². The van der Waals surface area contributed by atoms with Gasteiger partial charge in [0.05, 0.1) is 6.54 Å². The Morgan fingerprint density at radius 1 is 1.43 bits per heavy atom. The molecule has 0 saturated heterocycles. The molecule has 74 valence electrons. The molecule has 0 bridgehead atoms. The zero-order chi connectivity index (χ0) is 9.97. The number of hydrogen-bond donors (Lipinski definition) is 1. The van der Waals surface area contributed by atoms with Gasteiger partial charge in [-0.3, -0.25) is 9.80 Å². The molecule has 5 nitrogen and oxygen atoms in total. The highest BCUT2D eigenvalue weighted by atomic mass is 16.7. The number of rotatable bonds is 3. The van der Waals surface area contributed by atoms with Crippen LogP contribution in [0, 0.1) is 0 Å². The van der Waals surface area contributed by atoms with E-state index in [1.807, 2.05) is 12.1 Å². The van der Waals surface area contributed by atoms with Gasteiger partial charge in [-0.1, -0.05) is 6.07 Å². The summed E-state index contributed by atoms with van der Waals surface area (Å²) in [6.07, 6.45) is 0.574. The van der Waals surface area contributed by atoms with Crippen molar-refractivity contribution in [3.8, 4) is 11.5 Å². The first-order chi connectivity index (χ1) is 6.79. The summed E-state index contributed by atoms with van der Waals surface area (Å²) in [7, 11) is 0. The van der Waals surface area contributed by atoms with Crippen molar-refractivity contribution in [1.82, 2.24) is 5.01 Å². The van der Waals surface area contributed by atoms with E-state index in [9.17, 15) is 4.79 Å². The van der Waals surface area contributed by atoms with Gasteiger partial charge in [0.2, 0.25) is 13.2 Å². The SMILES string of the molecule is NN(C=O)Cc1ccc2c(c1)OCO2. The van der Waals surface area contributed by atoms with E-state index in [4.69, 9.17) is 15.3 Å². The minimum atomic E-state index is 0.249. The molecule has 1 aromatic carbocycles. The Morgan fingerprint density at radius 2 is 2.21 bits per heavy atom. The Bertz CT molecular complexity index is 354. The summed E-state index contributed by atoms with van der Waals surface area (Å²) < 4.78 is 10.3. The molecule has 2 rings (SSSR count). The average molecular weight is 194 g/mol. The standard InChI is InChI=1S/C9H10N2O3/c10-11(5-12)4-7-1-2-8-9(3-7)14-6-13-8/h1-3,5H,4,6,10H2. The molecule has 2 N–H and O–H groups in total. The van der Waals surface area contributed by atoms with Crippen molar-refractivity contribution in [1.29, 1.82) is 0 Å². The number of carbonyl (C=O) groups excluding carboxylic acids is 1. The van der Waals surface area contributed by atoms with Crippen molar-refractivity contribution < 1.29 is 14.3 Å². The van der Waals surface area contributed by atoms with Crippen molar-refractivity contribution in [3.63, 3.8) is 0 Å². The molecule has 0 atom stereocenters. The van der Waals surface area contributed by atoms with Gasteiger partial charge in [0, 0.05) is 0 Å². The van der Waals surface area contributed by atoms with Gasteiger partial charge in [0.25, 0.3) is 0 Å². The number of nitrogens with two attached hydrogens (primary N) is 1. The summed E-state index contributed by atoms with van der Waals surface area (Å²) in [4.78, 5) is 10.3. The summed E-state index contributed by atoms with van der Waals surface area (Å²) in [6.45, 7) is 0.610. The van der Waals surface area contributed by atoms with Crippen molar-refractivity contribution in [2.24, 2.45) is 5.84 Å². The fourth-order valence-corrected chi connectivity index (χ4v) is 1.29. The van der Waals surface area contributed by atoms with E-state index >= 15 is 0 Å². The fraction of sp³-hybridized carbons (Fsp3) is 0.222. The van der Waals surface area contributed by atoms with Crippen LogP contribution in [0.3, 0.4) is 0 Å². The summed E-state index contributed by atoms with van der Waals surface area (Å²) in [5.41, 5.74) is 0.906. The second-order valence-electron chi connectivity index (χ2n) is 2.97. The number of benzene rings is 1. The van der Waals surface area contributed by atoms with Crippen molar-refractivity contribution >= 4 is 6.41 Å². The van der Waals surface area contributed by atoms with Crippen LogP contribution in [-0.4, -0.2) is 18.2 Å². The largest absolute Gasteiger partial charge is 0.454 e. The lowest BCUT2D eigenvalue weighted by molar-refractivity contribution is -0.118. The first kappa shape index (κ1) is 8.83. The van der Waals surface area contributed by atoms with Crippen LogP contribution in [0.25, 0.3) is 0 Å². The van der Waals surface area contributed by atoms with Gasteiger partial charge >= 0.3 is 0 Å². The summed E-state index contributed by atoms with van der Waals surface area (Å²) in [5, 5.41) is 1.07. The molecule has 14 heavy (non-hydrogen) atoms. The Morgan fingerprint density at radius 3 is 3.00 bits per heavy atom. The highest BCUT2D eigenvalue weighted by Gasteiger charge is 2.13. The normalized spacial score (nSPS) is 12.6. The third-order valence-corrected chi connectivity index (χ3v) is 1.94. The molecule has 1 aromatic rings. The first-order valence-corrected chi connectivity index (χ1v) is 4.15. The van der Waals surface area contributed by atoms with Crippen molar-refractivity contribution in [2.75, 3.05) is 6.79 Å². The number of hydrazine groups is 1. The van der Waals surface area contributed by atoms with Gasteiger partial charge < -0.3 is 9.47 Å². The predicted octanol–water partition coefficient (Wildman–Crippen LogP) is 0.247. The molecule has 0 aliphatic carbocycles. The summed E-state index contributed by atoms with van der Waals surface area (Å²) >= 11 is 0. The van der Waals surface area contributed by atoms with Crippen LogP contribution in [-0.2, 0) is 11.3 Å². The summed E-state index contributed by atoms with van der Waals surface area (Å²) in [6, 6.07) is 5.46. The predicted molar refractivity (Wildman–Crippen MR) is 48.4 cm³/mol. The van der Waals surface area contributed by atoms with Crippen LogP contribution in [0.15, 0.2) is 18.2 Å². The van der Waals surface area contributed by atoms with E-state index in [0.717, 1.165) is 16.3 Å². The number of carbonyl (C=O) groups is 1. The maximum absolute atomic E-state index is 10.3. The van der Waals surface area contributed by atoms with Gasteiger partial charge in [-0.2, -0.15) is 0 Å². The highest BCUT2D eigenvalue weighted by molar-refractivity contribution is 5.48. The molecule has 0 radical (unpaired) electrons. The van der Waals surface area contributed by atoms with Gasteiger partial charge in [-0.15, -0.1) is 0 Å². The zero-order valence-corrected chi connectivity index (χ0v) is 7.47. The topological polar surface area (TPSA) is 64.8 Å². The second kappa shape index (κ2) is 3.55. The van der Waals surface area contributed by atoms with Crippen LogP contribution in [0.5, 0.6) is 11.5 Å². The molecular formula is C9H10N2O3. The fourth-order valence-electron chi connectivity index (χ4n) is 1.29. The smallest absolute Gasteiger partial charge is 0.231 e. The lowest BCUT2D eigenvalue weighted by Gasteiger charge is -2.09. The number of hydrogen-bond acceptors (Lipinski definition) is 4. The quantitative estimate of drug-likeness (QED) is 0.324. The molecule has 0 spiro atoms. The minimum Gasteiger partial charge on any atom is -0.454 e. The number of nitrogens with zero attached hydrogens (tertiary/aromatic N) is 1. The molecule has 0 aromatic heterocycles. The maximum Gasteiger partial charge on any atom is 0.231 e. The second-order valence-corrected chi connectivity index (χ2v) is 2.97. The molecule has 5 heteroatoms. The Balaban J connectivity index is 2.16. The van der Waals surface area contributed by atoms with E-state index in [1.165, 1.54) is 0 Å². The number of ether oxygens (including phenoxy) is 2. The Labute approximate surface area is 81.0 Å². The average Bonchev–Trinajstić information content (AvgIpc) is 2.64. The molecule has 0 unspecified atom stereocenters. The molecule has 1 amide bonds. The van der Waals surface area contributed by atoms with E-state index in [2.05, 4.69) is 0 Å². The minimum absolute atomic E-state index is 0.249. The third kappa shape index (κ3) is 1.62. The van der Waals surface area contributed by atoms with Gasteiger partial charge in [-0.25, -0.2) is 5.84 Å². The lowest BCUT2D eigenvalue weighted by atomic mass is 10.2. The van der Waals surface area contributed by atoms with E-state index < -0.39 is 0 Å². The van der Waals surface area contributed by atoms with E-state index in [-0.39, 0.29) is 6.79 Å². The number of amides is 1. The first-order valence-electron chi connectivity index (χ1n) is 4.15. The van der Waals surface area contributed by atoms with Crippen LogP contribution in [0.1, 0.15) is 5.56 Å². The Hall–Kier alpha value is -1.75. The summed E-state index contributed by atoms with van der Waals surface area (Å²) in [5.74, 6) is 6.76. The number of fused-ring (bicyclic) bond motifs is 1. The van der Waals surface area contributed by atoms with Gasteiger partial charge in [-0.05, 0) is 17.7 Å². The molecule has 0 fully saturated rings. The molecular weight excluding hydrogens is 184 g/mol. The zero-order valence-electron chi connectivity index (χ0n) is 7.47. The van der Waals surface area contributed by atoms with Crippen LogP contribution < -0.4 is 15.3 Å². The third-order valence-electron chi connectivity index (χ3n) is 1.94. The maximum atomic E-state index is 10.3. The highest BCUT2D eigenvalue weighted by Crippen LogP contribution is 2.32. The molecule has 1 aliphatic rings. The lowest BCUT2D eigenvalue weighted by Crippen LogP contribution is -2.28. The van der Waals surface area contributed by atoms with Gasteiger partial charge in [0.1, 0.15) is 0 Å². The molecule has 1 aliphatic heterocycles.